The molecule has 0 bridgehead atoms. The molecule has 2 aliphatic rings. The third-order valence-corrected chi connectivity index (χ3v) is 5.58. The molecule has 1 saturated carbocycles. The van der Waals surface area contributed by atoms with Crippen molar-refractivity contribution in [2.75, 3.05) is 11.9 Å². The van der Waals surface area contributed by atoms with Gasteiger partial charge in [-0.25, -0.2) is 0 Å². The number of anilines is 1. The van der Waals surface area contributed by atoms with E-state index in [1.54, 1.807) is 6.92 Å². The van der Waals surface area contributed by atoms with Gasteiger partial charge in [0.25, 0.3) is 0 Å². The number of nitrogens with zero attached hydrogens (tertiary/aromatic N) is 2. The van der Waals surface area contributed by atoms with Crippen molar-refractivity contribution in [3.8, 4) is 5.75 Å². The van der Waals surface area contributed by atoms with Crippen molar-refractivity contribution in [1.82, 2.24) is 15.5 Å². The quantitative estimate of drug-likeness (QED) is 0.695. The molecule has 154 valence electrons. The van der Waals surface area contributed by atoms with E-state index in [-0.39, 0.29) is 11.8 Å². The van der Waals surface area contributed by atoms with Gasteiger partial charge in [0.2, 0.25) is 17.7 Å². The molecule has 0 radical (unpaired) electrons. The summed E-state index contributed by atoms with van der Waals surface area (Å²) < 4.78 is 10.9. The molecule has 0 saturated heterocycles. The van der Waals surface area contributed by atoms with Crippen LogP contribution in [0, 0.1) is 6.92 Å². The molecule has 1 aromatic heterocycles. The first-order chi connectivity index (χ1) is 14.0. The van der Waals surface area contributed by atoms with Crippen molar-refractivity contribution in [1.29, 1.82) is 0 Å². The Bertz CT molecular complexity index is 902. The summed E-state index contributed by atoms with van der Waals surface area (Å²) in [5.41, 5.74) is 1.43. The van der Waals surface area contributed by atoms with Gasteiger partial charge < -0.3 is 19.9 Å². The molecule has 1 fully saturated rings. The number of fused-ring (bicyclic) bond motifs is 1. The minimum atomic E-state index is -0.501. The third-order valence-electron chi connectivity index (χ3n) is 5.58. The second kappa shape index (κ2) is 8.23. The number of aromatic nitrogens is 2. The van der Waals surface area contributed by atoms with Crippen LogP contribution in [0.2, 0.25) is 0 Å². The first-order valence-electron chi connectivity index (χ1n) is 10.2. The van der Waals surface area contributed by atoms with Crippen LogP contribution in [0.15, 0.2) is 22.7 Å². The summed E-state index contributed by atoms with van der Waals surface area (Å²) in [4.78, 5) is 28.3. The van der Waals surface area contributed by atoms with E-state index in [0.29, 0.717) is 37.6 Å². The highest BCUT2D eigenvalue weighted by atomic mass is 16.5. The van der Waals surface area contributed by atoms with Gasteiger partial charge in [-0.2, -0.15) is 4.98 Å². The van der Waals surface area contributed by atoms with Crippen molar-refractivity contribution < 1.29 is 18.8 Å². The zero-order valence-electron chi connectivity index (χ0n) is 16.6. The summed E-state index contributed by atoms with van der Waals surface area (Å²) in [6.07, 6.45) is 5.95. The zero-order chi connectivity index (χ0) is 20.3. The molecule has 1 aliphatic carbocycles. The van der Waals surface area contributed by atoms with Gasteiger partial charge in [-0.15, -0.1) is 0 Å². The van der Waals surface area contributed by atoms with Gasteiger partial charge >= 0.3 is 0 Å². The third kappa shape index (κ3) is 4.41. The second-order valence-electron chi connectivity index (χ2n) is 7.79. The predicted octanol–water partition coefficient (Wildman–Crippen LogP) is 3.01. The Kier molecular flexibility index (Phi) is 5.51. The highest BCUT2D eigenvalue weighted by Crippen LogP contribution is 2.37. The number of rotatable bonds is 7. The molecule has 0 spiro atoms. The smallest absolute Gasteiger partial charge is 0.224 e. The highest BCUT2D eigenvalue weighted by Gasteiger charge is 2.41. The van der Waals surface area contributed by atoms with Gasteiger partial charge in [-0.05, 0) is 49.4 Å². The van der Waals surface area contributed by atoms with Crippen LogP contribution >= 0.6 is 0 Å². The molecule has 4 rings (SSSR count). The van der Waals surface area contributed by atoms with Crippen LogP contribution in [-0.2, 0) is 21.5 Å². The zero-order valence-corrected chi connectivity index (χ0v) is 16.6. The fourth-order valence-corrected chi connectivity index (χ4v) is 4.08. The second-order valence-corrected chi connectivity index (χ2v) is 7.79. The average Bonchev–Trinajstić information content (AvgIpc) is 3.35. The van der Waals surface area contributed by atoms with Gasteiger partial charge in [-0.1, -0.05) is 18.0 Å². The van der Waals surface area contributed by atoms with Crippen molar-refractivity contribution in [2.24, 2.45) is 0 Å². The van der Waals surface area contributed by atoms with Crippen molar-refractivity contribution in [2.45, 2.75) is 63.8 Å². The Hall–Kier alpha value is -2.90. The monoisotopic (exact) mass is 398 g/mol. The van der Waals surface area contributed by atoms with Gasteiger partial charge in [0.15, 0.2) is 5.82 Å². The lowest BCUT2D eigenvalue weighted by molar-refractivity contribution is -0.123. The Morgan fingerprint density at radius 1 is 1.31 bits per heavy atom. The molecule has 0 unspecified atom stereocenters. The number of hydrogen-bond acceptors (Lipinski definition) is 6. The SMILES string of the molecule is Cc1nc(C2(NC(=O)CCCOc3ccc4c(c3)CCC(=O)N4)CCCC2)no1. The predicted molar refractivity (Wildman–Crippen MR) is 105 cm³/mol. The Morgan fingerprint density at radius 3 is 2.90 bits per heavy atom. The lowest BCUT2D eigenvalue weighted by Crippen LogP contribution is -2.44. The van der Waals surface area contributed by atoms with Crippen LogP contribution in [-0.4, -0.2) is 28.6 Å². The maximum absolute atomic E-state index is 12.5. The molecular formula is C21H26N4O4. The molecular weight excluding hydrogens is 372 g/mol. The minimum Gasteiger partial charge on any atom is -0.494 e. The fourth-order valence-electron chi connectivity index (χ4n) is 4.08. The number of ether oxygens (including phenoxy) is 1. The first kappa shape index (κ1) is 19.4. The van der Waals surface area contributed by atoms with Gasteiger partial charge in [0, 0.05) is 25.5 Å². The number of nitrogens with one attached hydrogen (secondary N) is 2. The summed E-state index contributed by atoms with van der Waals surface area (Å²) in [5, 5.41) is 10.1. The number of amides is 2. The summed E-state index contributed by atoms with van der Waals surface area (Å²) in [7, 11) is 0. The fraction of sp³-hybridized carbons (Fsp3) is 0.524. The number of aryl methyl sites for hydroxylation is 2. The van der Waals surface area contributed by atoms with E-state index >= 15 is 0 Å². The molecule has 0 atom stereocenters. The summed E-state index contributed by atoms with van der Waals surface area (Å²) in [6.45, 7) is 2.21. The Morgan fingerprint density at radius 2 is 2.14 bits per heavy atom. The van der Waals surface area contributed by atoms with Crippen LogP contribution in [0.4, 0.5) is 5.69 Å². The van der Waals surface area contributed by atoms with E-state index < -0.39 is 5.54 Å². The molecule has 8 heteroatoms. The molecule has 2 N–H and O–H groups in total. The van der Waals surface area contributed by atoms with Gasteiger partial charge in [-0.3, -0.25) is 9.59 Å². The average molecular weight is 398 g/mol. The lowest BCUT2D eigenvalue weighted by Gasteiger charge is -2.26. The van der Waals surface area contributed by atoms with E-state index in [4.69, 9.17) is 9.26 Å². The minimum absolute atomic E-state index is 0.0221. The van der Waals surface area contributed by atoms with E-state index in [0.717, 1.165) is 49.1 Å². The summed E-state index contributed by atoms with van der Waals surface area (Å²) in [5.74, 6) is 1.88. The molecule has 2 heterocycles. The molecule has 2 amide bonds. The van der Waals surface area contributed by atoms with E-state index in [9.17, 15) is 9.59 Å². The number of hydrogen-bond donors (Lipinski definition) is 2. The standard InChI is InChI=1S/C21H26N4O4/c1-14-22-20(25-29-14)21(10-2-3-11-21)24-19(27)5-4-12-28-16-7-8-17-15(13-16)6-9-18(26)23-17/h7-8,13H,2-6,9-12H2,1H3,(H,23,26)(H,24,27). The normalized spacial score (nSPS) is 17.5. The van der Waals surface area contributed by atoms with Crippen molar-refractivity contribution in [3.05, 3.63) is 35.5 Å². The molecule has 29 heavy (non-hydrogen) atoms. The lowest BCUT2D eigenvalue weighted by atomic mass is 9.96. The van der Waals surface area contributed by atoms with Crippen molar-refractivity contribution in [3.63, 3.8) is 0 Å². The maximum Gasteiger partial charge on any atom is 0.224 e. The molecule has 1 aliphatic heterocycles. The van der Waals surface area contributed by atoms with Crippen molar-refractivity contribution >= 4 is 17.5 Å². The largest absolute Gasteiger partial charge is 0.494 e. The van der Waals surface area contributed by atoms with E-state index in [1.165, 1.54) is 0 Å². The first-order valence-corrected chi connectivity index (χ1v) is 10.2. The van der Waals surface area contributed by atoms with Crippen LogP contribution in [0.1, 0.15) is 62.2 Å². The number of carbonyl (C=O) groups is 2. The molecule has 8 nitrogen and oxygen atoms in total. The van der Waals surface area contributed by atoms with Crippen LogP contribution in [0.3, 0.4) is 0 Å². The Labute approximate surface area is 169 Å². The van der Waals surface area contributed by atoms with Gasteiger partial charge in [0.05, 0.1) is 6.61 Å². The van der Waals surface area contributed by atoms with Crippen LogP contribution in [0.5, 0.6) is 5.75 Å². The summed E-state index contributed by atoms with van der Waals surface area (Å²) >= 11 is 0. The molecule has 1 aromatic carbocycles. The topological polar surface area (TPSA) is 106 Å². The highest BCUT2D eigenvalue weighted by molar-refractivity contribution is 5.94. The number of benzene rings is 1. The Balaban J connectivity index is 1.26. The van der Waals surface area contributed by atoms with Gasteiger partial charge in [0.1, 0.15) is 11.3 Å². The number of carbonyl (C=O) groups excluding carboxylic acids is 2. The van der Waals surface area contributed by atoms with E-state index in [1.807, 2.05) is 18.2 Å². The maximum atomic E-state index is 12.5. The van der Waals surface area contributed by atoms with E-state index in [2.05, 4.69) is 20.8 Å². The van der Waals surface area contributed by atoms with Crippen LogP contribution < -0.4 is 15.4 Å². The van der Waals surface area contributed by atoms with Crippen LogP contribution in [0.25, 0.3) is 0 Å². The summed E-state index contributed by atoms with van der Waals surface area (Å²) in [6, 6.07) is 5.67. The molecule has 2 aromatic rings.